The third-order valence-corrected chi connectivity index (χ3v) is 4.41. The van der Waals surface area contributed by atoms with Crippen molar-refractivity contribution in [3.05, 3.63) is 59.7 Å². The first-order valence-electron chi connectivity index (χ1n) is 9.11. The number of amides is 1. The molecule has 1 unspecified atom stereocenters. The number of likely N-dealkylation sites (N-methyl/N-ethyl adjacent to an activating group) is 1. The zero-order valence-electron chi connectivity index (χ0n) is 16.7. The Morgan fingerprint density at radius 1 is 1.04 bits per heavy atom. The normalized spacial score (nSPS) is 11.2. The fourth-order valence-corrected chi connectivity index (χ4v) is 2.61. The van der Waals surface area contributed by atoms with E-state index in [1.165, 1.54) is 0 Å². The van der Waals surface area contributed by atoms with E-state index in [2.05, 4.69) is 24.1 Å². The number of ether oxygens (including phenoxy) is 1. The summed E-state index contributed by atoms with van der Waals surface area (Å²) in [6.45, 7) is 9.87. The number of nitrogens with one attached hydrogen (secondary N) is 1. The SMILES string of the molecule is CCN(CC)CCOc1ccc(NC(=O)C(N)c2ccc(C)cc2)cc1.Cl.Cl. The number of benzene rings is 2. The molecule has 1 atom stereocenters. The Bertz CT molecular complexity index is 690. The Balaban J connectivity index is 0.00000364. The van der Waals surface area contributed by atoms with Gasteiger partial charge in [-0.2, -0.15) is 0 Å². The lowest BCUT2D eigenvalue weighted by Gasteiger charge is -2.18. The largest absolute Gasteiger partial charge is 0.492 e. The van der Waals surface area contributed by atoms with Gasteiger partial charge in [0.25, 0.3) is 0 Å². The van der Waals surface area contributed by atoms with Crippen LogP contribution in [0.1, 0.15) is 31.0 Å². The van der Waals surface area contributed by atoms with Crippen LogP contribution in [0.5, 0.6) is 5.75 Å². The van der Waals surface area contributed by atoms with Crippen molar-refractivity contribution in [3.8, 4) is 5.75 Å². The van der Waals surface area contributed by atoms with Crippen molar-refractivity contribution < 1.29 is 9.53 Å². The summed E-state index contributed by atoms with van der Waals surface area (Å²) in [4.78, 5) is 14.6. The third kappa shape index (κ3) is 8.07. The minimum atomic E-state index is -0.694. The van der Waals surface area contributed by atoms with Crippen molar-refractivity contribution in [2.45, 2.75) is 26.8 Å². The molecule has 28 heavy (non-hydrogen) atoms. The highest BCUT2D eigenvalue weighted by Gasteiger charge is 2.15. The van der Waals surface area contributed by atoms with Crippen LogP contribution in [-0.4, -0.2) is 37.0 Å². The molecule has 0 saturated carbocycles. The second-order valence-corrected chi connectivity index (χ2v) is 6.28. The summed E-state index contributed by atoms with van der Waals surface area (Å²) >= 11 is 0. The van der Waals surface area contributed by atoms with Crippen LogP contribution in [-0.2, 0) is 4.79 Å². The molecule has 0 aliphatic rings. The van der Waals surface area contributed by atoms with Gasteiger partial charge in [-0.05, 0) is 49.8 Å². The summed E-state index contributed by atoms with van der Waals surface area (Å²) < 4.78 is 5.75. The van der Waals surface area contributed by atoms with Crippen molar-refractivity contribution in [2.24, 2.45) is 5.73 Å². The molecule has 0 saturated heterocycles. The molecule has 156 valence electrons. The van der Waals surface area contributed by atoms with Gasteiger partial charge in [-0.3, -0.25) is 4.79 Å². The van der Waals surface area contributed by atoms with Gasteiger partial charge in [0.05, 0.1) is 0 Å². The van der Waals surface area contributed by atoms with Crippen LogP contribution in [0, 0.1) is 6.92 Å². The Kier molecular flexibility index (Phi) is 12.5. The van der Waals surface area contributed by atoms with Gasteiger partial charge in [-0.25, -0.2) is 0 Å². The Morgan fingerprint density at radius 2 is 1.61 bits per heavy atom. The van der Waals surface area contributed by atoms with Gasteiger partial charge in [0.2, 0.25) is 5.91 Å². The maximum Gasteiger partial charge on any atom is 0.245 e. The van der Waals surface area contributed by atoms with Crippen molar-refractivity contribution in [2.75, 3.05) is 31.6 Å². The molecule has 0 heterocycles. The maximum absolute atomic E-state index is 12.3. The van der Waals surface area contributed by atoms with E-state index in [0.29, 0.717) is 12.3 Å². The van der Waals surface area contributed by atoms with E-state index in [9.17, 15) is 4.79 Å². The van der Waals surface area contributed by atoms with E-state index < -0.39 is 6.04 Å². The number of rotatable bonds is 9. The number of aryl methyl sites for hydroxylation is 1. The molecule has 2 aromatic carbocycles. The first-order chi connectivity index (χ1) is 12.5. The average Bonchev–Trinajstić information content (AvgIpc) is 2.66. The van der Waals surface area contributed by atoms with Crippen LogP contribution in [0.3, 0.4) is 0 Å². The number of hydrogen-bond donors (Lipinski definition) is 2. The van der Waals surface area contributed by atoms with E-state index in [-0.39, 0.29) is 30.7 Å². The van der Waals surface area contributed by atoms with Crippen LogP contribution in [0.4, 0.5) is 5.69 Å². The fraction of sp³-hybridized carbons (Fsp3) is 0.381. The van der Waals surface area contributed by atoms with Crippen LogP contribution < -0.4 is 15.8 Å². The number of halogens is 2. The summed E-state index contributed by atoms with van der Waals surface area (Å²) in [5.41, 5.74) is 8.68. The molecule has 0 aliphatic heterocycles. The fourth-order valence-electron chi connectivity index (χ4n) is 2.61. The van der Waals surface area contributed by atoms with Crippen LogP contribution in [0.25, 0.3) is 0 Å². The molecule has 2 rings (SSSR count). The van der Waals surface area contributed by atoms with Gasteiger partial charge >= 0.3 is 0 Å². The summed E-state index contributed by atoms with van der Waals surface area (Å²) in [7, 11) is 0. The predicted octanol–water partition coefficient (Wildman–Crippen LogP) is 4.20. The van der Waals surface area contributed by atoms with Crippen LogP contribution in [0.15, 0.2) is 48.5 Å². The van der Waals surface area contributed by atoms with E-state index >= 15 is 0 Å². The second kappa shape index (κ2) is 13.4. The minimum Gasteiger partial charge on any atom is -0.492 e. The number of carbonyl (C=O) groups excluding carboxylic acids is 1. The molecule has 0 fully saturated rings. The van der Waals surface area contributed by atoms with Crippen molar-refractivity contribution in [1.29, 1.82) is 0 Å². The van der Waals surface area contributed by atoms with Gasteiger partial charge in [0, 0.05) is 12.2 Å². The lowest BCUT2D eigenvalue weighted by atomic mass is 10.1. The van der Waals surface area contributed by atoms with E-state index in [0.717, 1.165) is 36.5 Å². The average molecular weight is 428 g/mol. The molecule has 0 spiro atoms. The van der Waals surface area contributed by atoms with Gasteiger partial charge in [-0.15, -0.1) is 24.8 Å². The predicted molar refractivity (Wildman–Crippen MR) is 121 cm³/mol. The minimum absolute atomic E-state index is 0. The quantitative estimate of drug-likeness (QED) is 0.628. The second-order valence-electron chi connectivity index (χ2n) is 6.28. The molecule has 5 nitrogen and oxygen atoms in total. The molecule has 0 bridgehead atoms. The monoisotopic (exact) mass is 427 g/mol. The first kappa shape index (κ1) is 26.2. The molecule has 7 heteroatoms. The lowest BCUT2D eigenvalue weighted by molar-refractivity contribution is -0.117. The molecular weight excluding hydrogens is 397 g/mol. The highest BCUT2D eigenvalue weighted by atomic mass is 35.5. The van der Waals surface area contributed by atoms with E-state index in [1.54, 1.807) is 0 Å². The van der Waals surface area contributed by atoms with Crippen molar-refractivity contribution >= 4 is 36.4 Å². The van der Waals surface area contributed by atoms with Crippen LogP contribution in [0.2, 0.25) is 0 Å². The summed E-state index contributed by atoms with van der Waals surface area (Å²) in [6.07, 6.45) is 0. The molecule has 0 aromatic heterocycles. The van der Waals surface area contributed by atoms with E-state index in [1.807, 2.05) is 55.5 Å². The van der Waals surface area contributed by atoms with Gasteiger partial charge in [0.15, 0.2) is 0 Å². The van der Waals surface area contributed by atoms with Crippen molar-refractivity contribution in [3.63, 3.8) is 0 Å². The number of nitrogens with two attached hydrogens (primary N) is 1. The molecule has 2 aromatic rings. The Morgan fingerprint density at radius 3 is 2.14 bits per heavy atom. The third-order valence-electron chi connectivity index (χ3n) is 4.41. The summed E-state index contributed by atoms with van der Waals surface area (Å²) in [5, 5.41) is 2.85. The van der Waals surface area contributed by atoms with Crippen molar-refractivity contribution in [1.82, 2.24) is 4.90 Å². The summed E-state index contributed by atoms with van der Waals surface area (Å²) in [6, 6.07) is 14.3. The maximum atomic E-state index is 12.3. The van der Waals surface area contributed by atoms with Gasteiger partial charge < -0.3 is 20.7 Å². The standard InChI is InChI=1S/C21H29N3O2.2ClH/c1-4-24(5-2)14-15-26-19-12-10-18(11-13-19)23-21(25)20(22)17-8-6-16(3)7-9-17;;/h6-13,20H,4-5,14-15,22H2,1-3H3,(H,23,25);2*1H. The zero-order valence-corrected chi connectivity index (χ0v) is 18.3. The number of hydrogen-bond acceptors (Lipinski definition) is 4. The molecule has 0 aliphatic carbocycles. The zero-order chi connectivity index (χ0) is 18.9. The summed E-state index contributed by atoms with van der Waals surface area (Å²) in [5.74, 6) is 0.557. The van der Waals surface area contributed by atoms with E-state index in [4.69, 9.17) is 10.5 Å². The molecule has 0 radical (unpaired) electrons. The Labute approximate surface area is 180 Å². The molecule has 1 amide bonds. The highest BCUT2D eigenvalue weighted by molar-refractivity contribution is 5.95. The smallest absolute Gasteiger partial charge is 0.245 e. The first-order valence-corrected chi connectivity index (χ1v) is 9.11. The molecular formula is C21H31Cl2N3O2. The Hall–Kier alpha value is -1.79. The number of nitrogens with zero attached hydrogens (tertiary/aromatic N) is 1. The number of carbonyl (C=O) groups is 1. The molecule has 3 N–H and O–H groups in total. The van der Waals surface area contributed by atoms with Gasteiger partial charge in [-0.1, -0.05) is 43.7 Å². The lowest BCUT2D eigenvalue weighted by Crippen LogP contribution is -2.28. The topological polar surface area (TPSA) is 67.6 Å². The highest BCUT2D eigenvalue weighted by Crippen LogP contribution is 2.18. The van der Waals surface area contributed by atoms with Crippen LogP contribution >= 0.6 is 24.8 Å². The number of anilines is 1. The van der Waals surface area contributed by atoms with Gasteiger partial charge in [0.1, 0.15) is 18.4 Å².